The molecule has 0 aromatic rings. The van der Waals surface area contributed by atoms with Crippen LogP contribution >= 0.6 is 0 Å². The van der Waals surface area contributed by atoms with E-state index in [4.69, 9.17) is 0 Å². The largest absolute Gasteiger partial charge is 0.303 e. The van der Waals surface area contributed by atoms with Gasteiger partial charge in [-0.2, -0.15) is 0 Å². The van der Waals surface area contributed by atoms with Crippen molar-refractivity contribution in [2.45, 2.75) is 65.6 Å². The van der Waals surface area contributed by atoms with Crippen molar-refractivity contribution in [3.8, 4) is 0 Å². The maximum Gasteiger partial charge on any atom is 0.0976 e. The number of likely N-dealkylation sites (tertiary alicyclic amines) is 1. The molecule has 1 nitrogen and oxygen atoms in total. The Bertz CT molecular complexity index is 147. The van der Waals surface area contributed by atoms with Gasteiger partial charge in [-0.15, -0.1) is 0 Å². The zero-order chi connectivity index (χ0) is 11.8. The van der Waals surface area contributed by atoms with Gasteiger partial charge < -0.3 is 4.90 Å². The van der Waals surface area contributed by atoms with Crippen LogP contribution in [0.2, 0.25) is 0 Å². The molecule has 2 heteroatoms. The normalized spacial score (nSPS) is 28.4. The van der Waals surface area contributed by atoms with Crippen LogP contribution in [0.1, 0.15) is 53.4 Å². The van der Waals surface area contributed by atoms with Gasteiger partial charge in [0.15, 0.2) is 0 Å². The van der Waals surface area contributed by atoms with E-state index < -0.39 is 6.17 Å². The summed E-state index contributed by atoms with van der Waals surface area (Å²) in [5.41, 5.74) is 0. The van der Waals surface area contributed by atoms with Crippen LogP contribution in [-0.2, 0) is 0 Å². The highest BCUT2D eigenvalue weighted by atomic mass is 19.1. The molecule has 0 amide bonds. The topological polar surface area (TPSA) is 3.24 Å². The molecule has 3 atom stereocenters. The van der Waals surface area contributed by atoms with Gasteiger partial charge in [0, 0.05) is 12.6 Å². The molecule has 92 valence electrons. The molecule has 1 aliphatic heterocycles. The lowest BCUT2D eigenvalue weighted by Gasteiger charge is -2.17. The summed E-state index contributed by atoms with van der Waals surface area (Å²) < 4.78 is 12.8. The van der Waals surface area contributed by atoms with Crippen LogP contribution in [-0.4, -0.2) is 30.7 Å². The molecule has 15 heavy (non-hydrogen) atoms. The van der Waals surface area contributed by atoms with Crippen molar-refractivity contribution in [3.63, 3.8) is 0 Å². The lowest BCUT2D eigenvalue weighted by Crippen LogP contribution is -2.24. The third-order valence-electron chi connectivity index (χ3n) is 3.05. The van der Waals surface area contributed by atoms with Crippen molar-refractivity contribution in [2.75, 3.05) is 13.6 Å². The zero-order valence-corrected chi connectivity index (χ0v) is 11.1. The van der Waals surface area contributed by atoms with Gasteiger partial charge in [0.1, 0.15) is 0 Å². The predicted octanol–water partition coefficient (Wildman–Crippen LogP) is 3.88. The van der Waals surface area contributed by atoms with Gasteiger partial charge in [0.05, 0.1) is 6.17 Å². The minimum absolute atomic E-state index is 0.599. The number of hydrogen-bond donors (Lipinski definition) is 0. The SMILES string of the molecule is CC.CCCC1CC(CC(C)F)CN1C. The second kappa shape index (κ2) is 8.09. The molecule has 0 N–H and O–H groups in total. The standard InChI is InChI=1S/C11H22FN.C2H6/c1-4-5-11-7-10(6-9(2)12)8-13(11)3;1-2/h9-11H,4-8H2,1-3H3;1-2H3. The maximum absolute atomic E-state index is 12.8. The van der Waals surface area contributed by atoms with Gasteiger partial charge in [0.25, 0.3) is 0 Å². The van der Waals surface area contributed by atoms with E-state index in [-0.39, 0.29) is 0 Å². The molecule has 1 fully saturated rings. The highest BCUT2D eigenvalue weighted by Crippen LogP contribution is 2.28. The summed E-state index contributed by atoms with van der Waals surface area (Å²) >= 11 is 0. The van der Waals surface area contributed by atoms with Crippen molar-refractivity contribution in [1.29, 1.82) is 0 Å². The number of nitrogens with zero attached hydrogens (tertiary/aromatic N) is 1. The average Bonchev–Trinajstić information content (AvgIpc) is 2.50. The summed E-state index contributed by atoms with van der Waals surface area (Å²) in [5.74, 6) is 0.599. The number of halogens is 1. The van der Waals surface area contributed by atoms with Gasteiger partial charge in [-0.25, -0.2) is 4.39 Å². The third-order valence-corrected chi connectivity index (χ3v) is 3.05. The van der Waals surface area contributed by atoms with E-state index in [9.17, 15) is 4.39 Å². The van der Waals surface area contributed by atoms with Crippen LogP contribution in [0.4, 0.5) is 4.39 Å². The molecule has 0 aromatic carbocycles. The van der Waals surface area contributed by atoms with E-state index in [0.717, 1.165) is 13.0 Å². The Morgan fingerprint density at radius 1 is 1.40 bits per heavy atom. The van der Waals surface area contributed by atoms with Crippen molar-refractivity contribution in [2.24, 2.45) is 5.92 Å². The average molecular weight is 217 g/mol. The smallest absolute Gasteiger partial charge is 0.0976 e. The van der Waals surface area contributed by atoms with Gasteiger partial charge in [-0.3, -0.25) is 0 Å². The number of rotatable bonds is 4. The molecule has 0 radical (unpaired) electrons. The second-order valence-corrected chi connectivity index (χ2v) is 4.50. The third kappa shape index (κ3) is 5.50. The number of alkyl halides is 1. The highest BCUT2D eigenvalue weighted by Gasteiger charge is 2.29. The Kier molecular flexibility index (Phi) is 8.03. The second-order valence-electron chi connectivity index (χ2n) is 4.50. The minimum Gasteiger partial charge on any atom is -0.303 e. The lowest BCUT2D eigenvalue weighted by molar-refractivity contribution is 0.276. The first-order valence-electron chi connectivity index (χ1n) is 6.47. The molecule has 1 aliphatic rings. The van der Waals surface area contributed by atoms with Gasteiger partial charge in [-0.1, -0.05) is 27.2 Å². The first-order chi connectivity index (χ1) is 7.13. The fraction of sp³-hybridized carbons (Fsp3) is 1.00. The van der Waals surface area contributed by atoms with Crippen LogP contribution in [0, 0.1) is 5.92 Å². The molecule has 1 saturated heterocycles. The molecular weight excluding hydrogens is 189 g/mol. The van der Waals surface area contributed by atoms with Crippen LogP contribution in [0.5, 0.6) is 0 Å². The fourth-order valence-electron chi connectivity index (χ4n) is 2.50. The molecule has 1 rings (SSSR count). The molecule has 3 unspecified atom stereocenters. The quantitative estimate of drug-likeness (QED) is 0.690. The summed E-state index contributed by atoms with van der Waals surface area (Å²) in [4.78, 5) is 2.40. The number of hydrogen-bond acceptors (Lipinski definition) is 1. The molecule has 0 bridgehead atoms. The van der Waals surface area contributed by atoms with Crippen LogP contribution in [0.3, 0.4) is 0 Å². The van der Waals surface area contributed by atoms with Crippen molar-refractivity contribution < 1.29 is 4.39 Å². The Hall–Kier alpha value is -0.110. The molecule has 0 aromatic heterocycles. The van der Waals surface area contributed by atoms with E-state index in [0.29, 0.717) is 12.0 Å². The lowest BCUT2D eigenvalue weighted by atomic mass is 9.98. The van der Waals surface area contributed by atoms with E-state index in [1.807, 2.05) is 13.8 Å². The Balaban J connectivity index is 0.000000921. The Morgan fingerprint density at radius 3 is 2.47 bits per heavy atom. The minimum atomic E-state index is -0.626. The van der Waals surface area contributed by atoms with Crippen molar-refractivity contribution in [3.05, 3.63) is 0 Å². The molecular formula is C13H28FN. The van der Waals surface area contributed by atoms with Crippen LogP contribution < -0.4 is 0 Å². The Labute approximate surface area is 95.0 Å². The summed E-state index contributed by atoms with van der Waals surface area (Å²) in [6.45, 7) is 8.99. The highest BCUT2D eigenvalue weighted by molar-refractivity contribution is 4.83. The van der Waals surface area contributed by atoms with Crippen molar-refractivity contribution in [1.82, 2.24) is 4.90 Å². The van der Waals surface area contributed by atoms with E-state index in [1.54, 1.807) is 6.92 Å². The van der Waals surface area contributed by atoms with Gasteiger partial charge in [-0.05, 0) is 39.2 Å². The summed E-state index contributed by atoms with van der Waals surface area (Å²) in [6.07, 6.45) is 3.85. The Morgan fingerprint density at radius 2 is 2.00 bits per heavy atom. The van der Waals surface area contributed by atoms with Crippen LogP contribution in [0.25, 0.3) is 0 Å². The zero-order valence-electron chi connectivity index (χ0n) is 11.1. The van der Waals surface area contributed by atoms with E-state index in [2.05, 4.69) is 18.9 Å². The summed E-state index contributed by atoms with van der Waals surface area (Å²) in [6, 6.07) is 0.716. The van der Waals surface area contributed by atoms with E-state index in [1.165, 1.54) is 19.3 Å². The maximum atomic E-state index is 12.8. The molecule has 1 heterocycles. The summed E-state index contributed by atoms with van der Waals surface area (Å²) in [7, 11) is 2.17. The fourth-order valence-corrected chi connectivity index (χ4v) is 2.50. The van der Waals surface area contributed by atoms with Crippen LogP contribution in [0.15, 0.2) is 0 Å². The molecule has 0 saturated carbocycles. The predicted molar refractivity (Wildman–Crippen MR) is 66.0 cm³/mol. The molecule has 0 aliphatic carbocycles. The van der Waals surface area contributed by atoms with Gasteiger partial charge in [0.2, 0.25) is 0 Å². The van der Waals surface area contributed by atoms with Gasteiger partial charge >= 0.3 is 0 Å². The monoisotopic (exact) mass is 217 g/mol. The van der Waals surface area contributed by atoms with E-state index >= 15 is 0 Å². The summed E-state index contributed by atoms with van der Waals surface area (Å²) in [5, 5.41) is 0. The first-order valence-corrected chi connectivity index (χ1v) is 6.47. The first kappa shape index (κ1) is 14.9. The molecule has 0 spiro atoms. The van der Waals surface area contributed by atoms with Crippen molar-refractivity contribution >= 4 is 0 Å².